The standard InChI is InChI=1S/C37H52N6O4/c1-37(2,38)36(45)41-33(25-47-24-29-10-6-4-7-11-29)32(23-44)39-19-18-31-22-43(26-40-31)34(30-12-8-5-9-13-30)35(46-3)42-20-27-14-15-28(21-42)17-16-27/h4-13,22-23,26-28,32-35,39H,14-21,24-25,38H2,1-3H3,(H,41,45)/t27?,28?,32?,33-,34?,35?/m1/s1. The van der Waals surface area contributed by atoms with Crippen LogP contribution in [0.3, 0.4) is 0 Å². The van der Waals surface area contributed by atoms with Gasteiger partial charge in [-0.3, -0.25) is 9.69 Å². The van der Waals surface area contributed by atoms with Crippen LogP contribution in [-0.4, -0.2) is 83.8 Å². The molecule has 0 spiro atoms. The summed E-state index contributed by atoms with van der Waals surface area (Å²) in [6.45, 7) is 6.39. The summed E-state index contributed by atoms with van der Waals surface area (Å²) in [5.41, 5.74) is 8.04. The number of nitrogens with one attached hydrogen (secondary N) is 2. The van der Waals surface area contributed by atoms with Crippen LogP contribution in [0.5, 0.6) is 0 Å². The SMILES string of the molecule is COC(C(c1ccccc1)n1cnc(CCNC(C=O)[C@@H](COCc2ccccc2)NC(=O)C(C)(C)N)c1)N1CC2CCC(CC2)C1. The first kappa shape index (κ1) is 34.9. The maximum absolute atomic E-state index is 12.8. The molecule has 47 heavy (non-hydrogen) atoms. The van der Waals surface area contributed by atoms with Gasteiger partial charge in [-0.25, -0.2) is 4.98 Å². The fraction of sp³-hybridized carbons (Fsp3) is 0.541. The number of aldehydes is 1. The summed E-state index contributed by atoms with van der Waals surface area (Å²) in [6, 6.07) is 19.0. The van der Waals surface area contributed by atoms with Crippen molar-refractivity contribution in [3.05, 3.63) is 90.0 Å². The molecule has 0 radical (unpaired) electrons. The number of benzene rings is 2. The van der Waals surface area contributed by atoms with Gasteiger partial charge in [0.1, 0.15) is 12.5 Å². The molecule has 4 N–H and O–H groups in total. The molecule has 10 heteroatoms. The number of methoxy groups -OCH3 is 1. The third-order valence-corrected chi connectivity index (χ3v) is 9.59. The van der Waals surface area contributed by atoms with Gasteiger partial charge < -0.3 is 35.2 Å². The molecule has 10 nitrogen and oxygen atoms in total. The maximum atomic E-state index is 12.8. The lowest BCUT2D eigenvalue weighted by molar-refractivity contribution is -0.127. The molecule has 4 atom stereocenters. The Morgan fingerprint density at radius 1 is 1.04 bits per heavy atom. The fourth-order valence-corrected chi connectivity index (χ4v) is 6.93. The first-order chi connectivity index (χ1) is 22.7. The average Bonchev–Trinajstić information content (AvgIpc) is 3.32. The van der Waals surface area contributed by atoms with Crippen LogP contribution >= 0.6 is 0 Å². The first-order valence-electron chi connectivity index (χ1n) is 17.0. The van der Waals surface area contributed by atoms with Gasteiger partial charge in [-0.2, -0.15) is 0 Å². The van der Waals surface area contributed by atoms with Gasteiger partial charge in [0, 0.05) is 39.4 Å². The number of rotatable bonds is 17. The highest BCUT2D eigenvalue weighted by molar-refractivity contribution is 5.85. The Morgan fingerprint density at radius 3 is 2.28 bits per heavy atom. The molecule has 2 bridgehead atoms. The average molecular weight is 645 g/mol. The number of carbonyl (C=O) groups excluding carboxylic acids is 2. The zero-order valence-corrected chi connectivity index (χ0v) is 28.1. The van der Waals surface area contributed by atoms with E-state index < -0.39 is 17.6 Å². The van der Waals surface area contributed by atoms with E-state index in [1.165, 1.54) is 31.2 Å². The molecule has 6 rings (SSSR count). The minimum atomic E-state index is -1.10. The molecule has 3 heterocycles. The lowest BCUT2D eigenvalue weighted by atomic mass is 9.84. The number of ether oxygens (including phenoxy) is 2. The van der Waals surface area contributed by atoms with Crippen molar-refractivity contribution in [2.75, 3.05) is 33.4 Å². The second-order valence-electron chi connectivity index (χ2n) is 13.8. The van der Waals surface area contributed by atoms with Crippen LogP contribution in [0.15, 0.2) is 73.2 Å². The van der Waals surface area contributed by atoms with Crippen LogP contribution < -0.4 is 16.4 Å². The van der Waals surface area contributed by atoms with Gasteiger partial charge in [0.25, 0.3) is 0 Å². The highest BCUT2D eigenvalue weighted by Gasteiger charge is 2.37. The minimum Gasteiger partial charge on any atom is -0.375 e. The van der Waals surface area contributed by atoms with Crippen molar-refractivity contribution in [2.24, 2.45) is 17.6 Å². The third-order valence-electron chi connectivity index (χ3n) is 9.59. The lowest BCUT2D eigenvalue weighted by Gasteiger charge is -2.37. The van der Waals surface area contributed by atoms with Crippen molar-refractivity contribution >= 4 is 12.2 Å². The van der Waals surface area contributed by atoms with Crippen molar-refractivity contribution in [1.29, 1.82) is 0 Å². The summed E-state index contributed by atoms with van der Waals surface area (Å²) < 4.78 is 14.4. The zero-order chi connectivity index (χ0) is 33.2. The number of carbonyl (C=O) groups is 2. The van der Waals surface area contributed by atoms with Crippen molar-refractivity contribution in [3.63, 3.8) is 0 Å². The highest BCUT2D eigenvalue weighted by Crippen LogP contribution is 2.37. The number of fused-ring (bicyclic) bond motifs is 4. The summed E-state index contributed by atoms with van der Waals surface area (Å²) in [5.74, 6) is 1.10. The van der Waals surface area contributed by atoms with E-state index in [1.807, 2.05) is 49.8 Å². The molecule has 254 valence electrons. The van der Waals surface area contributed by atoms with E-state index in [0.717, 1.165) is 42.5 Å². The smallest absolute Gasteiger partial charge is 0.239 e. The zero-order valence-electron chi connectivity index (χ0n) is 28.1. The van der Waals surface area contributed by atoms with Gasteiger partial charge in [0.2, 0.25) is 5.91 Å². The van der Waals surface area contributed by atoms with Crippen LogP contribution in [-0.2, 0) is 32.1 Å². The fourth-order valence-electron chi connectivity index (χ4n) is 6.93. The van der Waals surface area contributed by atoms with Crippen molar-refractivity contribution in [2.45, 2.75) is 82.5 Å². The van der Waals surface area contributed by atoms with Gasteiger partial charge in [-0.1, -0.05) is 60.7 Å². The second kappa shape index (κ2) is 16.6. The molecule has 2 aliphatic heterocycles. The first-order valence-corrected chi connectivity index (χ1v) is 17.0. The number of amides is 1. The summed E-state index contributed by atoms with van der Waals surface area (Å²) >= 11 is 0. The number of hydrogen-bond donors (Lipinski definition) is 3. The summed E-state index contributed by atoms with van der Waals surface area (Å²) in [6.07, 6.45) is 10.5. The minimum absolute atomic E-state index is 0.0587. The number of imidazole rings is 1. The van der Waals surface area contributed by atoms with Crippen LogP contribution in [0, 0.1) is 11.8 Å². The van der Waals surface area contributed by atoms with Gasteiger partial charge in [0.15, 0.2) is 0 Å². The van der Waals surface area contributed by atoms with E-state index in [-0.39, 0.29) is 24.8 Å². The number of aromatic nitrogens is 2. The molecule has 1 aliphatic carbocycles. The predicted octanol–water partition coefficient (Wildman–Crippen LogP) is 3.71. The highest BCUT2D eigenvalue weighted by atomic mass is 16.5. The Bertz CT molecular complexity index is 1370. The van der Waals surface area contributed by atoms with E-state index in [9.17, 15) is 9.59 Å². The molecule has 2 saturated heterocycles. The number of hydrogen-bond acceptors (Lipinski definition) is 8. The Hall–Kier alpha value is -3.41. The Morgan fingerprint density at radius 2 is 1.68 bits per heavy atom. The molecule has 1 aromatic heterocycles. The van der Waals surface area contributed by atoms with Crippen LogP contribution in [0.2, 0.25) is 0 Å². The third kappa shape index (κ3) is 9.58. The predicted molar refractivity (Wildman–Crippen MR) is 182 cm³/mol. The normalized spacial score (nSPS) is 21.0. The lowest BCUT2D eigenvalue weighted by Crippen LogP contribution is -2.59. The molecule has 3 fully saturated rings. The Kier molecular flexibility index (Phi) is 12.3. The van der Waals surface area contributed by atoms with Crippen molar-refractivity contribution in [3.8, 4) is 0 Å². The van der Waals surface area contributed by atoms with E-state index >= 15 is 0 Å². The number of nitrogens with zero attached hydrogens (tertiary/aromatic N) is 3. The van der Waals surface area contributed by atoms with Crippen molar-refractivity contribution < 1.29 is 19.1 Å². The number of nitrogens with two attached hydrogens (primary N) is 1. The quantitative estimate of drug-likeness (QED) is 0.190. The molecule has 3 unspecified atom stereocenters. The van der Waals surface area contributed by atoms with Gasteiger partial charge in [-0.05, 0) is 62.5 Å². The summed E-state index contributed by atoms with van der Waals surface area (Å²) in [7, 11) is 1.82. The summed E-state index contributed by atoms with van der Waals surface area (Å²) in [5, 5.41) is 6.24. The largest absolute Gasteiger partial charge is 0.375 e. The molecule has 1 saturated carbocycles. The van der Waals surface area contributed by atoms with Crippen LogP contribution in [0.4, 0.5) is 0 Å². The topological polar surface area (TPSA) is 124 Å². The van der Waals surface area contributed by atoms with Gasteiger partial charge in [-0.15, -0.1) is 0 Å². The monoisotopic (exact) mass is 644 g/mol. The molecule has 3 aliphatic rings. The van der Waals surface area contributed by atoms with Crippen LogP contribution in [0.1, 0.15) is 62.4 Å². The maximum Gasteiger partial charge on any atom is 0.239 e. The summed E-state index contributed by atoms with van der Waals surface area (Å²) in [4.78, 5) is 32.4. The van der Waals surface area contributed by atoms with E-state index in [2.05, 4.69) is 50.6 Å². The van der Waals surface area contributed by atoms with E-state index in [1.54, 1.807) is 13.8 Å². The molecule has 3 aromatic rings. The van der Waals surface area contributed by atoms with Crippen molar-refractivity contribution in [1.82, 2.24) is 25.1 Å². The molecule has 2 aromatic carbocycles. The molecule has 1 amide bonds. The Labute approximate surface area is 279 Å². The second-order valence-corrected chi connectivity index (χ2v) is 13.8. The van der Waals surface area contributed by atoms with Gasteiger partial charge in [0.05, 0.1) is 48.9 Å². The molecular formula is C37H52N6O4. The van der Waals surface area contributed by atoms with E-state index in [4.69, 9.17) is 20.2 Å². The van der Waals surface area contributed by atoms with E-state index in [0.29, 0.717) is 19.6 Å². The molecular weight excluding hydrogens is 592 g/mol. The van der Waals surface area contributed by atoms with Crippen LogP contribution in [0.25, 0.3) is 0 Å². The van der Waals surface area contributed by atoms with Gasteiger partial charge >= 0.3 is 0 Å². The Balaban J connectivity index is 1.25.